The number of hydrogen-bond donors (Lipinski definition) is 1. The maximum atomic E-state index is 11.3. The summed E-state index contributed by atoms with van der Waals surface area (Å²) in [6.45, 7) is 1.84. The van der Waals surface area contributed by atoms with Crippen LogP contribution in [0.25, 0.3) is 10.2 Å². The van der Waals surface area contributed by atoms with Gasteiger partial charge in [-0.1, -0.05) is 31.2 Å². The molecule has 3 aromatic rings. The first-order valence-electron chi connectivity index (χ1n) is 6.98. The third-order valence-corrected chi connectivity index (χ3v) is 4.29. The van der Waals surface area contributed by atoms with Gasteiger partial charge in [-0.25, -0.2) is 4.98 Å². The molecule has 0 saturated heterocycles. The second kappa shape index (κ2) is 6.06. The molecule has 0 aliphatic heterocycles. The number of rotatable bonds is 4. The number of anilines is 1. The maximum absolute atomic E-state index is 11.3. The smallest absolute Gasteiger partial charge is 0.224 e. The Bertz CT molecular complexity index is 729. The van der Waals surface area contributed by atoms with E-state index in [1.54, 1.807) is 11.3 Å². The highest BCUT2D eigenvalue weighted by molar-refractivity contribution is 7.18. The van der Waals surface area contributed by atoms with E-state index < -0.39 is 0 Å². The number of fused-ring (bicyclic) bond motifs is 1. The van der Waals surface area contributed by atoms with Gasteiger partial charge in [-0.15, -0.1) is 11.3 Å². The lowest BCUT2D eigenvalue weighted by atomic mass is 10.1. The van der Waals surface area contributed by atoms with E-state index in [4.69, 9.17) is 0 Å². The van der Waals surface area contributed by atoms with E-state index in [0.717, 1.165) is 22.6 Å². The number of hydrogen-bond acceptors (Lipinski definition) is 3. The van der Waals surface area contributed by atoms with E-state index in [9.17, 15) is 4.79 Å². The first kappa shape index (κ1) is 13.8. The molecular weight excluding hydrogens is 280 g/mol. The highest BCUT2D eigenvalue weighted by atomic mass is 32.1. The Balaban J connectivity index is 1.74. The van der Waals surface area contributed by atoms with Gasteiger partial charge >= 0.3 is 0 Å². The van der Waals surface area contributed by atoms with Crippen molar-refractivity contribution in [2.24, 2.45) is 0 Å². The van der Waals surface area contributed by atoms with Crippen molar-refractivity contribution in [1.82, 2.24) is 4.98 Å². The number of benzene rings is 2. The fraction of sp³-hybridized carbons (Fsp3) is 0.176. The number of nitrogens with zero attached hydrogens (tertiary/aromatic N) is 1. The van der Waals surface area contributed by atoms with Gasteiger partial charge < -0.3 is 5.32 Å². The molecule has 0 radical (unpaired) electrons. The number of amides is 1. The molecule has 3 nitrogen and oxygen atoms in total. The van der Waals surface area contributed by atoms with Crippen LogP contribution >= 0.6 is 11.3 Å². The third kappa shape index (κ3) is 3.28. The summed E-state index contributed by atoms with van der Waals surface area (Å²) in [5, 5.41) is 3.96. The maximum Gasteiger partial charge on any atom is 0.224 e. The lowest BCUT2D eigenvalue weighted by Gasteiger charge is -2.04. The van der Waals surface area contributed by atoms with Crippen molar-refractivity contribution in [2.45, 2.75) is 19.8 Å². The summed E-state index contributed by atoms with van der Waals surface area (Å²) in [7, 11) is 0. The molecule has 0 atom stereocenters. The van der Waals surface area contributed by atoms with Crippen molar-refractivity contribution >= 4 is 33.1 Å². The normalized spacial score (nSPS) is 10.7. The zero-order valence-electron chi connectivity index (χ0n) is 11.8. The monoisotopic (exact) mass is 296 g/mol. The van der Waals surface area contributed by atoms with Gasteiger partial charge in [0.1, 0.15) is 0 Å². The van der Waals surface area contributed by atoms with E-state index in [1.807, 2.05) is 49.4 Å². The number of aromatic nitrogens is 1. The van der Waals surface area contributed by atoms with Gasteiger partial charge in [0.15, 0.2) is 0 Å². The van der Waals surface area contributed by atoms with E-state index in [1.165, 1.54) is 10.3 Å². The molecule has 0 unspecified atom stereocenters. The highest BCUT2D eigenvalue weighted by Crippen LogP contribution is 2.24. The van der Waals surface area contributed by atoms with Gasteiger partial charge in [-0.2, -0.15) is 0 Å². The predicted octanol–water partition coefficient (Wildman–Crippen LogP) is 4.24. The standard InChI is InChI=1S/C17H16N2OS/c1-2-16(20)18-13-9-7-12(8-10-13)11-17-19-14-5-3-4-6-15(14)21-17/h3-10H,2,11H2,1H3,(H,18,20). The average Bonchev–Trinajstić information content (AvgIpc) is 2.91. The van der Waals surface area contributed by atoms with Crippen LogP contribution in [0.4, 0.5) is 5.69 Å². The van der Waals surface area contributed by atoms with Crippen LogP contribution in [0.15, 0.2) is 48.5 Å². The van der Waals surface area contributed by atoms with Gasteiger partial charge in [0, 0.05) is 18.5 Å². The fourth-order valence-corrected chi connectivity index (χ4v) is 3.13. The molecule has 106 valence electrons. The lowest BCUT2D eigenvalue weighted by molar-refractivity contribution is -0.115. The molecule has 0 spiro atoms. The van der Waals surface area contributed by atoms with Crippen LogP contribution in [-0.2, 0) is 11.2 Å². The molecule has 0 bridgehead atoms. The summed E-state index contributed by atoms with van der Waals surface area (Å²) in [6.07, 6.45) is 1.31. The lowest BCUT2D eigenvalue weighted by Crippen LogP contribution is -2.09. The Kier molecular flexibility index (Phi) is 3.97. The van der Waals surface area contributed by atoms with E-state index in [-0.39, 0.29) is 5.91 Å². The Labute approximate surface area is 127 Å². The van der Waals surface area contributed by atoms with Crippen LogP contribution in [0.1, 0.15) is 23.9 Å². The summed E-state index contributed by atoms with van der Waals surface area (Å²) >= 11 is 1.73. The highest BCUT2D eigenvalue weighted by Gasteiger charge is 2.05. The number of carbonyl (C=O) groups excluding carboxylic acids is 1. The Hall–Kier alpha value is -2.20. The number of carbonyl (C=O) groups is 1. The van der Waals surface area contributed by atoms with Crippen LogP contribution in [-0.4, -0.2) is 10.9 Å². The summed E-state index contributed by atoms with van der Waals surface area (Å²) in [5.74, 6) is 0.0360. The quantitative estimate of drug-likeness (QED) is 0.782. The SMILES string of the molecule is CCC(=O)Nc1ccc(Cc2nc3ccccc3s2)cc1. The van der Waals surface area contributed by atoms with Crippen molar-refractivity contribution in [3.8, 4) is 0 Å². The third-order valence-electron chi connectivity index (χ3n) is 3.25. The Morgan fingerprint density at radius 2 is 1.90 bits per heavy atom. The number of thiazole rings is 1. The topological polar surface area (TPSA) is 42.0 Å². The van der Waals surface area contributed by atoms with Crippen molar-refractivity contribution in [1.29, 1.82) is 0 Å². The molecule has 0 aliphatic rings. The van der Waals surface area contributed by atoms with E-state index >= 15 is 0 Å². The first-order valence-corrected chi connectivity index (χ1v) is 7.79. The van der Waals surface area contributed by atoms with Crippen LogP contribution in [0, 0.1) is 0 Å². The summed E-state index contributed by atoms with van der Waals surface area (Å²) in [5.41, 5.74) is 3.10. The van der Waals surface area contributed by atoms with Crippen LogP contribution in [0.3, 0.4) is 0 Å². The minimum Gasteiger partial charge on any atom is -0.326 e. The molecule has 1 aromatic heterocycles. The van der Waals surface area contributed by atoms with Gasteiger partial charge in [-0.05, 0) is 29.8 Å². The fourth-order valence-electron chi connectivity index (χ4n) is 2.13. The van der Waals surface area contributed by atoms with Crippen molar-refractivity contribution in [3.63, 3.8) is 0 Å². The predicted molar refractivity (Wildman–Crippen MR) is 87.8 cm³/mol. The first-order chi connectivity index (χ1) is 10.2. The Morgan fingerprint density at radius 1 is 1.14 bits per heavy atom. The molecule has 21 heavy (non-hydrogen) atoms. The molecule has 1 N–H and O–H groups in total. The second-order valence-corrected chi connectivity index (χ2v) is 5.97. The summed E-state index contributed by atoms with van der Waals surface area (Å²) in [6, 6.07) is 16.1. The van der Waals surface area contributed by atoms with Crippen LogP contribution < -0.4 is 5.32 Å². The summed E-state index contributed by atoms with van der Waals surface area (Å²) in [4.78, 5) is 16.0. The molecule has 0 saturated carbocycles. The minimum atomic E-state index is 0.0360. The molecule has 0 fully saturated rings. The molecule has 2 aromatic carbocycles. The van der Waals surface area contributed by atoms with Gasteiger partial charge in [0.2, 0.25) is 5.91 Å². The van der Waals surface area contributed by atoms with E-state index in [2.05, 4.69) is 16.4 Å². The number of para-hydroxylation sites is 1. The molecule has 4 heteroatoms. The second-order valence-electron chi connectivity index (χ2n) is 4.85. The molecule has 1 amide bonds. The van der Waals surface area contributed by atoms with Crippen molar-refractivity contribution in [2.75, 3.05) is 5.32 Å². The zero-order valence-corrected chi connectivity index (χ0v) is 12.6. The molecular formula is C17H16N2OS. The summed E-state index contributed by atoms with van der Waals surface area (Å²) < 4.78 is 1.22. The van der Waals surface area contributed by atoms with Crippen LogP contribution in [0.2, 0.25) is 0 Å². The van der Waals surface area contributed by atoms with Crippen molar-refractivity contribution in [3.05, 3.63) is 59.1 Å². The van der Waals surface area contributed by atoms with Gasteiger partial charge in [0.05, 0.1) is 15.2 Å². The van der Waals surface area contributed by atoms with Crippen LogP contribution in [0.5, 0.6) is 0 Å². The molecule has 3 rings (SSSR count). The molecule has 0 aliphatic carbocycles. The largest absolute Gasteiger partial charge is 0.326 e. The van der Waals surface area contributed by atoms with Crippen molar-refractivity contribution < 1.29 is 4.79 Å². The zero-order chi connectivity index (χ0) is 14.7. The van der Waals surface area contributed by atoms with Gasteiger partial charge in [0.25, 0.3) is 0 Å². The number of nitrogens with one attached hydrogen (secondary N) is 1. The van der Waals surface area contributed by atoms with Gasteiger partial charge in [-0.3, -0.25) is 4.79 Å². The van der Waals surface area contributed by atoms with E-state index in [0.29, 0.717) is 6.42 Å². The minimum absolute atomic E-state index is 0.0360. The Morgan fingerprint density at radius 3 is 2.62 bits per heavy atom. The molecule has 1 heterocycles. The average molecular weight is 296 g/mol.